The normalized spacial score (nSPS) is 11.0. The van der Waals surface area contributed by atoms with E-state index in [4.69, 9.17) is 9.47 Å². The van der Waals surface area contributed by atoms with Gasteiger partial charge in [-0.3, -0.25) is 9.36 Å². The van der Waals surface area contributed by atoms with Crippen LogP contribution < -0.4 is 15.0 Å². The molecule has 0 unspecified atom stereocenters. The van der Waals surface area contributed by atoms with Crippen molar-refractivity contribution in [1.29, 1.82) is 0 Å². The molecule has 5 aromatic rings. The molecule has 0 aliphatic carbocycles. The molecule has 3 aromatic carbocycles. The fourth-order valence-electron chi connectivity index (χ4n) is 3.56. The second-order valence-electron chi connectivity index (χ2n) is 7.22. The van der Waals surface area contributed by atoms with Gasteiger partial charge < -0.3 is 9.47 Å². The van der Waals surface area contributed by atoms with Crippen molar-refractivity contribution in [2.45, 2.75) is 11.0 Å². The Labute approximate surface area is 199 Å². The lowest BCUT2D eigenvalue weighted by molar-refractivity contribution is 0.414. The first-order valence-electron chi connectivity index (χ1n) is 10.4. The van der Waals surface area contributed by atoms with Crippen molar-refractivity contribution in [3.63, 3.8) is 0 Å². The van der Waals surface area contributed by atoms with Crippen molar-refractivity contribution in [1.82, 2.24) is 29.8 Å². The lowest BCUT2D eigenvalue weighted by Crippen LogP contribution is -2.23. The third-order valence-corrected chi connectivity index (χ3v) is 6.15. The predicted molar refractivity (Wildman–Crippen MR) is 130 cm³/mol. The number of hydrogen-bond donors (Lipinski definition) is 0. The minimum absolute atomic E-state index is 0.210. The lowest BCUT2D eigenvalue weighted by Gasteiger charge is -2.13. The second-order valence-corrected chi connectivity index (χ2v) is 8.14. The highest BCUT2D eigenvalue weighted by Crippen LogP contribution is 2.33. The van der Waals surface area contributed by atoms with Gasteiger partial charge >= 0.3 is 0 Å². The van der Waals surface area contributed by atoms with E-state index in [1.165, 1.54) is 16.4 Å². The lowest BCUT2D eigenvalue weighted by atomic mass is 10.2. The van der Waals surface area contributed by atoms with Crippen molar-refractivity contribution >= 4 is 22.7 Å². The molecule has 0 atom stereocenters. The molecule has 0 fully saturated rings. The summed E-state index contributed by atoms with van der Waals surface area (Å²) in [5, 5.41) is 18.2. The van der Waals surface area contributed by atoms with Crippen molar-refractivity contribution in [2.75, 3.05) is 14.2 Å². The number of nitrogens with zero attached hydrogens (tertiary/aromatic N) is 6. The van der Waals surface area contributed by atoms with Crippen LogP contribution in [0.15, 0.2) is 82.7 Å². The van der Waals surface area contributed by atoms with Crippen LogP contribution in [0.25, 0.3) is 28.0 Å². The molecule has 0 saturated carbocycles. The first-order chi connectivity index (χ1) is 16.7. The highest BCUT2D eigenvalue weighted by atomic mass is 32.2. The van der Waals surface area contributed by atoms with Gasteiger partial charge in [-0.1, -0.05) is 41.2 Å². The zero-order valence-electron chi connectivity index (χ0n) is 18.5. The maximum absolute atomic E-state index is 12.9. The van der Waals surface area contributed by atoms with E-state index in [0.29, 0.717) is 27.6 Å². The average molecular weight is 473 g/mol. The third kappa shape index (κ3) is 3.99. The van der Waals surface area contributed by atoms with E-state index in [1.807, 2.05) is 65.2 Å². The number of hydrogen-bond acceptors (Lipinski definition) is 8. The maximum atomic E-state index is 12.9. The van der Waals surface area contributed by atoms with E-state index in [9.17, 15) is 4.79 Å². The Morgan fingerprint density at radius 3 is 2.41 bits per heavy atom. The fourth-order valence-corrected chi connectivity index (χ4v) is 4.38. The Morgan fingerprint density at radius 1 is 0.853 bits per heavy atom. The zero-order valence-corrected chi connectivity index (χ0v) is 19.3. The topological polar surface area (TPSA) is 97.0 Å². The highest BCUT2D eigenvalue weighted by molar-refractivity contribution is 7.98. The minimum Gasteiger partial charge on any atom is -0.497 e. The zero-order chi connectivity index (χ0) is 23.5. The Bertz CT molecular complexity index is 1510. The molecule has 34 heavy (non-hydrogen) atoms. The van der Waals surface area contributed by atoms with Crippen LogP contribution in [0.5, 0.6) is 11.5 Å². The van der Waals surface area contributed by atoms with Crippen LogP contribution in [0.1, 0.15) is 0 Å². The van der Waals surface area contributed by atoms with E-state index in [0.717, 1.165) is 17.0 Å². The van der Waals surface area contributed by atoms with E-state index in [1.54, 1.807) is 26.4 Å². The van der Waals surface area contributed by atoms with E-state index in [-0.39, 0.29) is 11.4 Å². The molecule has 5 rings (SSSR count). The Hall–Kier alpha value is -4.18. The van der Waals surface area contributed by atoms with Crippen LogP contribution in [0.2, 0.25) is 0 Å². The molecule has 0 saturated heterocycles. The molecule has 2 aromatic heterocycles. The molecular weight excluding hydrogens is 452 g/mol. The van der Waals surface area contributed by atoms with Gasteiger partial charge in [-0.15, -0.1) is 15.3 Å². The molecule has 2 heterocycles. The van der Waals surface area contributed by atoms with E-state index >= 15 is 0 Å². The standard InChI is InChI=1S/C24H20N6O3S/c1-32-17-13-11-16(12-14-17)30-22(19-8-4-6-10-21(19)33-2)26-27-24(30)34-15-29-23(31)18-7-3-5-9-20(18)25-28-29/h3-14H,15H2,1-2H3. The molecule has 0 radical (unpaired) electrons. The molecule has 9 nitrogen and oxygen atoms in total. The highest BCUT2D eigenvalue weighted by Gasteiger charge is 2.19. The molecule has 0 N–H and O–H groups in total. The minimum atomic E-state index is -0.210. The number of rotatable bonds is 7. The Morgan fingerprint density at radius 2 is 1.62 bits per heavy atom. The number of fused-ring (bicyclic) bond motifs is 1. The van der Waals surface area contributed by atoms with Crippen molar-refractivity contribution in [2.24, 2.45) is 0 Å². The number of benzene rings is 3. The van der Waals surface area contributed by atoms with Gasteiger partial charge in [0.2, 0.25) is 0 Å². The number of ether oxygens (including phenoxy) is 2. The first-order valence-corrected chi connectivity index (χ1v) is 11.4. The summed E-state index contributed by atoms with van der Waals surface area (Å²) in [6.45, 7) is 0. The summed E-state index contributed by atoms with van der Waals surface area (Å²) in [5.41, 5.74) is 1.99. The number of aromatic nitrogens is 6. The quantitative estimate of drug-likeness (QED) is 0.330. The Kier molecular flexibility index (Phi) is 5.96. The summed E-state index contributed by atoms with van der Waals surface area (Å²) < 4.78 is 14.1. The van der Waals surface area contributed by atoms with Crippen molar-refractivity contribution in [3.05, 3.63) is 83.2 Å². The van der Waals surface area contributed by atoms with Gasteiger partial charge in [0, 0.05) is 0 Å². The molecule has 0 bridgehead atoms. The summed E-state index contributed by atoms with van der Waals surface area (Å²) >= 11 is 1.33. The van der Waals surface area contributed by atoms with Crippen molar-refractivity contribution in [3.8, 4) is 28.6 Å². The van der Waals surface area contributed by atoms with Gasteiger partial charge in [-0.2, -0.15) is 4.68 Å². The van der Waals surface area contributed by atoms with Crippen LogP contribution in [0, 0.1) is 0 Å². The SMILES string of the molecule is COc1ccc(-n2c(SCn3nnc4ccccc4c3=O)nnc2-c2ccccc2OC)cc1. The third-order valence-electron chi connectivity index (χ3n) is 5.26. The second kappa shape index (κ2) is 9.36. The summed E-state index contributed by atoms with van der Waals surface area (Å²) in [4.78, 5) is 12.9. The molecule has 0 aliphatic rings. The van der Waals surface area contributed by atoms with Gasteiger partial charge in [-0.05, 0) is 48.5 Å². The molecule has 10 heteroatoms. The fraction of sp³-hybridized carbons (Fsp3) is 0.125. The summed E-state index contributed by atoms with van der Waals surface area (Å²) in [5.74, 6) is 2.25. The maximum Gasteiger partial charge on any atom is 0.278 e. The number of para-hydroxylation sites is 1. The van der Waals surface area contributed by atoms with E-state index in [2.05, 4.69) is 20.5 Å². The summed E-state index contributed by atoms with van der Waals surface area (Å²) in [6.07, 6.45) is 0. The Balaban J connectivity index is 1.56. The van der Waals surface area contributed by atoms with Gasteiger partial charge in [0.25, 0.3) is 5.56 Å². The van der Waals surface area contributed by atoms with Crippen LogP contribution in [-0.4, -0.2) is 44.0 Å². The molecule has 0 aliphatic heterocycles. The van der Waals surface area contributed by atoms with Crippen molar-refractivity contribution < 1.29 is 9.47 Å². The smallest absolute Gasteiger partial charge is 0.278 e. The number of thioether (sulfide) groups is 1. The van der Waals surface area contributed by atoms with E-state index < -0.39 is 0 Å². The molecular formula is C24H20N6O3S. The van der Waals surface area contributed by atoms with Crippen LogP contribution >= 0.6 is 11.8 Å². The number of methoxy groups -OCH3 is 2. The predicted octanol–water partition coefficient (Wildman–Crippen LogP) is 3.81. The summed E-state index contributed by atoms with van der Waals surface area (Å²) in [7, 11) is 3.24. The van der Waals surface area contributed by atoms with Crippen LogP contribution in [0.3, 0.4) is 0 Å². The van der Waals surface area contributed by atoms with Gasteiger partial charge in [0.15, 0.2) is 11.0 Å². The van der Waals surface area contributed by atoms with Gasteiger partial charge in [-0.25, -0.2) is 0 Å². The van der Waals surface area contributed by atoms with Crippen LogP contribution in [-0.2, 0) is 5.88 Å². The average Bonchev–Trinajstić information content (AvgIpc) is 3.32. The monoisotopic (exact) mass is 472 g/mol. The van der Waals surface area contributed by atoms with Gasteiger partial charge in [0.1, 0.15) is 17.0 Å². The van der Waals surface area contributed by atoms with Gasteiger partial charge in [0.05, 0.1) is 36.7 Å². The molecule has 170 valence electrons. The summed E-state index contributed by atoms with van der Waals surface area (Å²) in [6, 6.07) is 22.3. The van der Waals surface area contributed by atoms with Crippen LogP contribution in [0.4, 0.5) is 0 Å². The molecule has 0 spiro atoms. The first kappa shape index (κ1) is 21.7. The largest absolute Gasteiger partial charge is 0.497 e. The molecule has 0 amide bonds.